The lowest BCUT2D eigenvalue weighted by molar-refractivity contribution is -0.404. The van der Waals surface area contributed by atoms with Crippen LogP contribution in [0.2, 0.25) is 0 Å². The van der Waals surface area contributed by atoms with Gasteiger partial charge in [0.15, 0.2) is 43.8 Å². The first kappa shape index (κ1) is 59.4. The molecule has 0 spiro atoms. The van der Waals surface area contributed by atoms with Crippen molar-refractivity contribution in [1.29, 1.82) is 0 Å². The third-order valence-electron chi connectivity index (χ3n) is 14.1. The maximum atomic E-state index is 13.5. The molecule has 1 aromatic rings. The lowest BCUT2D eigenvalue weighted by Gasteiger charge is -2.51. The molecule has 0 aromatic heterocycles. The van der Waals surface area contributed by atoms with E-state index in [1.807, 2.05) is 0 Å². The van der Waals surface area contributed by atoms with E-state index in [0.29, 0.717) is 5.56 Å². The van der Waals surface area contributed by atoms with E-state index in [2.05, 4.69) is 0 Å². The number of carbonyl (C=O) groups excluding carboxylic acids is 1. The maximum absolute atomic E-state index is 13.5. The van der Waals surface area contributed by atoms with Gasteiger partial charge in [-0.05, 0) is 11.6 Å². The second-order valence-corrected chi connectivity index (χ2v) is 19.0. The van der Waals surface area contributed by atoms with Crippen LogP contribution in [0.3, 0.4) is 0 Å². The van der Waals surface area contributed by atoms with Crippen LogP contribution in [-0.4, -0.2) is 317 Å². The van der Waals surface area contributed by atoms with Gasteiger partial charge in [0, 0.05) is 6.08 Å². The predicted molar refractivity (Wildman–Crippen MR) is 235 cm³/mol. The fourth-order valence-electron chi connectivity index (χ4n) is 9.95. The zero-order valence-corrected chi connectivity index (χ0v) is 39.9. The molecule has 12 bridgehead atoms. The highest BCUT2D eigenvalue weighted by Gasteiger charge is 2.59. The summed E-state index contributed by atoms with van der Waals surface area (Å²) < 4.78 is 74.9. The van der Waals surface area contributed by atoms with Crippen molar-refractivity contribution in [3.8, 4) is 0 Å². The van der Waals surface area contributed by atoms with Crippen molar-refractivity contribution in [3.05, 3.63) is 42.0 Å². The zero-order valence-electron chi connectivity index (χ0n) is 39.9. The van der Waals surface area contributed by atoms with E-state index in [0.717, 1.165) is 6.08 Å². The first-order valence-electron chi connectivity index (χ1n) is 24.3. The Balaban J connectivity index is 1.12. The molecule has 0 aliphatic carbocycles. The van der Waals surface area contributed by atoms with Crippen LogP contribution in [0.15, 0.2) is 36.4 Å². The van der Waals surface area contributed by atoms with Crippen molar-refractivity contribution in [1.82, 2.24) is 0 Å². The summed E-state index contributed by atoms with van der Waals surface area (Å²) in [6.07, 6.45) is -57.4. The molecular formula is C45H66O31. The molecule has 22 fully saturated rings. The van der Waals surface area contributed by atoms with Crippen LogP contribution in [0.4, 0.5) is 0 Å². The molecule has 22 aliphatic rings. The number of aliphatic hydroxyl groups excluding tert-OH is 17. The van der Waals surface area contributed by atoms with Crippen LogP contribution >= 0.6 is 0 Å². The van der Waals surface area contributed by atoms with E-state index in [4.69, 9.17) is 61.6 Å². The number of esters is 1. The Bertz CT molecular complexity index is 2000. The van der Waals surface area contributed by atoms with Crippen molar-refractivity contribution in [2.45, 2.75) is 184 Å². The number of benzene rings is 1. The van der Waals surface area contributed by atoms with Gasteiger partial charge in [0.05, 0.1) is 39.6 Å². The van der Waals surface area contributed by atoms with Crippen molar-refractivity contribution in [2.24, 2.45) is 0 Å². The summed E-state index contributed by atoms with van der Waals surface area (Å²) in [7, 11) is 0. The highest BCUT2D eigenvalue weighted by molar-refractivity contribution is 5.87. The first-order valence-corrected chi connectivity index (χ1v) is 24.3. The van der Waals surface area contributed by atoms with E-state index < -0.39 is 230 Å². The van der Waals surface area contributed by atoms with Gasteiger partial charge in [-0.1, -0.05) is 30.3 Å². The Morgan fingerprint density at radius 3 is 0.882 bits per heavy atom. The van der Waals surface area contributed by atoms with Crippen molar-refractivity contribution in [2.75, 3.05) is 39.6 Å². The summed E-state index contributed by atoms with van der Waals surface area (Å²) in [6.45, 7) is -6.19. The van der Waals surface area contributed by atoms with Gasteiger partial charge in [-0.15, -0.1) is 0 Å². The van der Waals surface area contributed by atoms with E-state index in [9.17, 15) is 91.6 Å². The molecule has 31 heteroatoms. The average Bonchev–Trinajstić information content (AvgIpc) is 3.43. The summed E-state index contributed by atoms with van der Waals surface area (Å²) >= 11 is 0. The standard InChI is InChI=1S/C45H66O31/c46-8-15-33-22(53)27(58)40(64-15)72-34-16(9-47)66-42(29(60)24(34)55)74-36-18(11-49)68-44(31(62)26(36)57)76-38-20(13-51)69-45(32(63)39(38)70-21(52)7-6-14-4-2-1-3-5-14)75-37-19(12-50)67-43(30(61)25(37)56)73-35-17(10-48)65-41(71-33)28(59)23(35)54/h1-7,15-20,22-51,53-63H,8-13H2/b7-6+/t15-,16-,17-,18-,19-,20-,22-,23-,24-,25-,26-,27-,28-,29-,30-,31-,32-,33-,34-,35-,36-,37-,38+,39-,40-,41-,42-,43-,44-,45-/m1/s1. The number of aliphatic hydroxyl groups is 17. The minimum absolute atomic E-state index is 0.530. The van der Waals surface area contributed by atoms with Crippen molar-refractivity contribution in [3.63, 3.8) is 0 Å². The van der Waals surface area contributed by atoms with E-state index in [-0.39, 0.29) is 0 Å². The van der Waals surface area contributed by atoms with Gasteiger partial charge in [-0.3, -0.25) is 0 Å². The van der Waals surface area contributed by atoms with E-state index in [1.165, 1.54) is 6.08 Å². The lowest BCUT2D eigenvalue weighted by Crippen LogP contribution is -2.69. The molecule has 17 N–H and O–H groups in total. The molecule has 0 amide bonds. The van der Waals surface area contributed by atoms with Gasteiger partial charge in [0.2, 0.25) is 0 Å². The molecule has 1 aromatic carbocycles. The molecule has 23 rings (SSSR count). The zero-order chi connectivity index (χ0) is 54.9. The summed E-state index contributed by atoms with van der Waals surface area (Å²) in [4.78, 5) is 13.5. The molecule has 22 saturated heterocycles. The molecule has 0 unspecified atom stereocenters. The van der Waals surface area contributed by atoms with Crippen LogP contribution in [-0.2, 0) is 66.4 Å². The molecule has 432 valence electrons. The largest absolute Gasteiger partial charge is 0.453 e. The third-order valence-corrected chi connectivity index (χ3v) is 14.1. The van der Waals surface area contributed by atoms with Crippen molar-refractivity contribution >= 4 is 12.0 Å². The van der Waals surface area contributed by atoms with E-state index in [1.54, 1.807) is 30.3 Å². The Hall–Kier alpha value is -2.73. The van der Waals surface area contributed by atoms with E-state index >= 15 is 0 Å². The van der Waals surface area contributed by atoms with Gasteiger partial charge < -0.3 is 148 Å². The molecule has 31 nitrogen and oxygen atoms in total. The lowest BCUT2D eigenvalue weighted by atomic mass is 9.94. The SMILES string of the molecule is O=C(/C=C/c1ccccc1)O[C@@H]1[C@@H](O)[C@H]2O[C@H]3[C@H](O)[C@@H](O)[C@@H](O[C@H]4[C@H](O)[C@@H](O)[C@@H](O[C@H]5[C@H](O)[C@@H](O)[C@@H](O[C@H]6[C@H](O)[C@@H](O)[C@@H](O[C@H]7[C@H](O)[C@@H](O)[C@@H](O[C@H]1[C@@H](CO)O2)O[C@@H]7CO)O[C@@H]6CO)O[C@@H]5CO)O[C@@H]4CO)O[C@@H]3CO. The van der Waals surface area contributed by atoms with Gasteiger partial charge in [-0.2, -0.15) is 0 Å². The number of rotatable bonds is 9. The second-order valence-electron chi connectivity index (χ2n) is 19.0. The Labute approximate surface area is 430 Å². The van der Waals surface area contributed by atoms with Crippen LogP contribution in [0.25, 0.3) is 6.08 Å². The molecule has 22 aliphatic heterocycles. The van der Waals surface area contributed by atoms with Crippen LogP contribution in [0.1, 0.15) is 5.56 Å². The molecule has 0 radical (unpaired) electrons. The predicted octanol–water partition coefficient (Wildman–Crippen LogP) is -10.8. The van der Waals surface area contributed by atoms with Crippen molar-refractivity contribution < 1.29 is 153 Å². The van der Waals surface area contributed by atoms with Gasteiger partial charge in [0.1, 0.15) is 140 Å². The molecule has 76 heavy (non-hydrogen) atoms. The fraction of sp³-hybridized carbons (Fsp3) is 0.800. The average molecular weight is 1100 g/mol. The Morgan fingerprint density at radius 1 is 0.355 bits per heavy atom. The molecule has 30 atom stereocenters. The minimum Gasteiger partial charge on any atom is -0.453 e. The third kappa shape index (κ3) is 12.1. The number of hydrogen-bond donors (Lipinski definition) is 17. The number of ether oxygens (including phenoxy) is 13. The van der Waals surface area contributed by atoms with Crippen LogP contribution in [0, 0.1) is 0 Å². The first-order chi connectivity index (χ1) is 36.4. The second kappa shape index (κ2) is 25.8. The summed E-state index contributed by atoms with van der Waals surface area (Å²) in [5.41, 5.74) is 0.530. The highest BCUT2D eigenvalue weighted by atomic mass is 16.8. The van der Waals surface area contributed by atoms with Gasteiger partial charge in [-0.25, -0.2) is 4.79 Å². The van der Waals surface area contributed by atoms with Crippen LogP contribution < -0.4 is 0 Å². The monoisotopic (exact) mass is 1100 g/mol. The summed E-state index contributed by atoms with van der Waals surface area (Å²) in [5.74, 6) is -1.14. The van der Waals surface area contributed by atoms with Gasteiger partial charge in [0.25, 0.3) is 0 Å². The molecular weight excluding hydrogens is 1040 g/mol. The number of hydrogen-bond acceptors (Lipinski definition) is 31. The smallest absolute Gasteiger partial charge is 0.331 e. The maximum Gasteiger partial charge on any atom is 0.331 e. The molecule has 22 heterocycles. The summed E-state index contributed by atoms with van der Waals surface area (Å²) in [5, 5.41) is 188. The number of carbonyl (C=O) groups is 1. The van der Waals surface area contributed by atoms with Crippen LogP contribution in [0.5, 0.6) is 0 Å². The minimum atomic E-state index is -2.22. The topological polar surface area (TPSA) is 481 Å². The quantitative estimate of drug-likeness (QED) is 0.0806. The summed E-state index contributed by atoms with van der Waals surface area (Å²) in [6, 6.07) is 8.34. The van der Waals surface area contributed by atoms with Gasteiger partial charge >= 0.3 is 5.97 Å². The highest BCUT2D eigenvalue weighted by Crippen LogP contribution is 2.38. The fourth-order valence-corrected chi connectivity index (χ4v) is 9.95. The normalized spacial score (nSPS) is 49.6. The Kier molecular flexibility index (Phi) is 20.2. The Morgan fingerprint density at radius 2 is 0.605 bits per heavy atom. The molecule has 0 saturated carbocycles.